The fourth-order valence-corrected chi connectivity index (χ4v) is 2.85. The Morgan fingerprint density at radius 1 is 0.880 bits per heavy atom. The van der Waals surface area contributed by atoms with Crippen molar-refractivity contribution in [3.63, 3.8) is 0 Å². The third-order valence-electron chi connectivity index (χ3n) is 4.40. The molecule has 0 spiro atoms. The molecule has 6 nitrogen and oxygen atoms in total. The van der Waals surface area contributed by atoms with Crippen molar-refractivity contribution in [3.8, 4) is 0 Å². The smallest absolute Gasteiger partial charge is 0.198 e. The van der Waals surface area contributed by atoms with Crippen LogP contribution in [0.1, 0.15) is 71.1 Å². The summed E-state index contributed by atoms with van der Waals surface area (Å²) in [6.45, 7) is 5.81. The van der Waals surface area contributed by atoms with Crippen molar-refractivity contribution >= 4 is 24.3 Å². The van der Waals surface area contributed by atoms with Crippen molar-refractivity contribution in [2.24, 2.45) is 0 Å². The zero-order chi connectivity index (χ0) is 17.5. The molecule has 1 heterocycles. The van der Waals surface area contributed by atoms with E-state index in [1.165, 1.54) is 57.8 Å². The van der Waals surface area contributed by atoms with Gasteiger partial charge in [0.25, 0.3) is 0 Å². The van der Waals surface area contributed by atoms with E-state index < -0.39 is 0 Å². The number of ether oxygens (including phenoxy) is 1. The summed E-state index contributed by atoms with van der Waals surface area (Å²) in [5, 5.41) is 21.7. The largest absolute Gasteiger partial charge is 0.378 e. The van der Waals surface area contributed by atoms with Gasteiger partial charge in [-0.3, -0.25) is 16.1 Å². The highest BCUT2D eigenvalue weighted by atomic mass is 35.5. The minimum absolute atomic E-state index is 0. The number of unbranched alkanes of at least 4 members (excludes halogenated alkanes) is 9. The standard InChI is InChI=1S/C18H37N5O.ClH/c1-2-3-4-5-6-7-8-9-10-11-12-21-17(19)22-18(20)23-13-15-24-16-14-23;/h2-16H2,1H3,(H4,19,20,21,22);1H. The Bertz CT molecular complexity index is 348. The summed E-state index contributed by atoms with van der Waals surface area (Å²) in [6, 6.07) is 0. The Kier molecular flexibility index (Phi) is 15.8. The van der Waals surface area contributed by atoms with Gasteiger partial charge in [-0.2, -0.15) is 0 Å². The second kappa shape index (κ2) is 16.5. The summed E-state index contributed by atoms with van der Waals surface area (Å²) in [7, 11) is 0. The molecule has 0 atom stereocenters. The number of hydrogen-bond donors (Lipinski definition) is 4. The number of hydrogen-bond acceptors (Lipinski definition) is 3. The predicted octanol–water partition coefficient (Wildman–Crippen LogP) is 3.71. The average Bonchev–Trinajstić information content (AvgIpc) is 2.60. The van der Waals surface area contributed by atoms with E-state index in [2.05, 4.69) is 17.6 Å². The van der Waals surface area contributed by atoms with Crippen LogP contribution in [-0.2, 0) is 4.74 Å². The molecular formula is C18H38ClN5O. The molecule has 0 amide bonds. The van der Waals surface area contributed by atoms with Gasteiger partial charge in [-0.05, 0) is 6.42 Å². The highest BCUT2D eigenvalue weighted by molar-refractivity contribution is 5.95. The van der Waals surface area contributed by atoms with Crippen molar-refractivity contribution in [1.29, 1.82) is 10.8 Å². The lowest BCUT2D eigenvalue weighted by molar-refractivity contribution is 0.0666. The molecule has 1 aliphatic heterocycles. The molecule has 0 aromatic carbocycles. The fraction of sp³-hybridized carbons (Fsp3) is 0.889. The van der Waals surface area contributed by atoms with E-state index >= 15 is 0 Å². The van der Waals surface area contributed by atoms with Gasteiger partial charge in [0.15, 0.2) is 11.9 Å². The van der Waals surface area contributed by atoms with Crippen LogP contribution in [0.5, 0.6) is 0 Å². The van der Waals surface area contributed by atoms with Crippen molar-refractivity contribution in [3.05, 3.63) is 0 Å². The van der Waals surface area contributed by atoms with Crippen molar-refractivity contribution in [1.82, 2.24) is 15.5 Å². The summed E-state index contributed by atoms with van der Waals surface area (Å²) < 4.78 is 5.26. The molecule has 148 valence electrons. The molecule has 4 N–H and O–H groups in total. The first-order valence-electron chi connectivity index (χ1n) is 9.74. The third kappa shape index (κ3) is 12.9. The van der Waals surface area contributed by atoms with E-state index in [0.29, 0.717) is 19.2 Å². The molecule has 0 aromatic rings. The summed E-state index contributed by atoms with van der Waals surface area (Å²) in [5.74, 6) is 0.515. The molecule has 1 saturated heterocycles. The summed E-state index contributed by atoms with van der Waals surface area (Å²) >= 11 is 0. The SMILES string of the molecule is CCCCCCCCCCCCNC(=N)NC(=N)N1CCOCC1.Cl. The number of morpholine rings is 1. The molecule has 0 saturated carbocycles. The van der Waals surface area contributed by atoms with Crippen molar-refractivity contribution in [2.75, 3.05) is 32.8 Å². The first-order chi connectivity index (χ1) is 11.7. The Morgan fingerprint density at radius 3 is 1.96 bits per heavy atom. The van der Waals surface area contributed by atoms with Gasteiger partial charge < -0.3 is 15.0 Å². The number of nitrogens with one attached hydrogen (secondary N) is 4. The predicted molar refractivity (Wildman–Crippen MR) is 108 cm³/mol. The van der Waals surface area contributed by atoms with Gasteiger partial charge in [0.05, 0.1) is 13.2 Å². The van der Waals surface area contributed by atoms with Gasteiger partial charge in [-0.15, -0.1) is 12.4 Å². The van der Waals surface area contributed by atoms with Gasteiger partial charge in [-0.1, -0.05) is 64.7 Å². The molecule has 0 unspecified atom stereocenters. The van der Waals surface area contributed by atoms with Gasteiger partial charge >= 0.3 is 0 Å². The molecule has 1 rings (SSSR count). The molecule has 0 bridgehead atoms. The highest BCUT2D eigenvalue weighted by Crippen LogP contribution is 2.10. The lowest BCUT2D eigenvalue weighted by Crippen LogP contribution is -2.51. The Hall–Kier alpha value is -1.01. The molecule has 0 aliphatic carbocycles. The molecule has 0 radical (unpaired) electrons. The zero-order valence-corrected chi connectivity index (χ0v) is 16.7. The third-order valence-corrected chi connectivity index (χ3v) is 4.40. The van der Waals surface area contributed by atoms with Crippen LogP contribution in [0, 0.1) is 10.8 Å². The summed E-state index contributed by atoms with van der Waals surface area (Å²) in [5.41, 5.74) is 0. The van der Waals surface area contributed by atoms with Gasteiger partial charge in [0.2, 0.25) is 0 Å². The lowest BCUT2D eigenvalue weighted by atomic mass is 10.1. The summed E-state index contributed by atoms with van der Waals surface area (Å²) in [6.07, 6.45) is 13.2. The number of rotatable bonds is 11. The second-order valence-electron chi connectivity index (χ2n) is 6.56. The number of halogens is 1. The first kappa shape index (κ1) is 24.0. The van der Waals surface area contributed by atoms with Crippen LogP contribution < -0.4 is 10.6 Å². The van der Waals surface area contributed by atoms with Crippen LogP contribution in [0.25, 0.3) is 0 Å². The number of nitrogens with zero attached hydrogens (tertiary/aromatic N) is 1. The van der Waals surface area contributed by atoms with Crippen LogP contribution in [0.4, 0.5) is 0 Å². The van der Waals surface area contributed by atoms with Gasteiger partial charge in [0.1, 0.15) is 0 Å². The quantitative estimate of drug-likeness (QED) is 0.252. The Balaban J connectivity index is 0.00000576. The Morgan fingerprint density at radius 2 is 1.40 bits per heavy atom. The minimum Gasteiger partial charge on any atom is -0.378 e. The molecule has 25 heavy (non-hydrogen) atoms. The normalized spacial score (nSPS) is 13.9. The van der Waals surface area contributed by atoms with Crippen molar-refractivity contribution in [2.45, 2.75) is 71.1 Å². The molecule has 1 aliphatic rings. The Labute approximate surface area is 159 Å². The fourth-order valence-electron chi connectivity index (χ4n) is 2.85. The van der Waals surface area contributed by atoms with Crippen LogP contribution in [0.3, 0.4) is 0 Å². The molecule has 0 aromatic heterocycles. The topological polar surface area (TPSA) is 84.2 Å². The zero-order valence-electron chi connectivity index (χ0n) is 15.9. The maximum atomic E-state index is 7.94. The van der Waals surface area contributed by atoms with Crippen LogP contribution >= 0.6 is 12.4 Å². The van der Waals surface area contributed by atoms with E-state index in [1.807, 2.05) is 4.90 Å². The lowest BCUT2D eigenvalue weighted by Gasteiger charge is -2.29. The van der Waals surface area contributed by atoms with Crippen molar-refractivity contribution < 1.29 is 4.74 Å². The minimum atomic E-state index is 0. The maximum absolute atomic E-state index is 7.94. The van der Waals surface area contributed by atoms with Gasteiger partial charge in [-0.25, -0.2) is 0 Å². The molecule has 7 heteroatoms. The van der Waals surface area contributed by atoms with Crippen LogP contribution in [0.15, 0.2) is 0 Å². The molecule has 1 fully saturated rings. The van der Waals surface area contributed by atoms with E-state index in [-0.39, 0.29) is 18.4 Å². The van der Waals surface area contributed by atoms with E-state index in [1.54, 1.807) is 0 Å². The summed E-state index contributed by atoms with van der Waals surface area (Å²) in [4.78, 5) is 1.90. The second-order valence-corrected chi connectivity index (χ2v) is 6.56. The van der Waals surface area contributed by atoms with Crippen LogP contribution in [0.2, 0.25) is 0 Å². The monoisotopic (exact) mass is 375 g/mol. The maximum Gasteiger partial charge on any atom is 0.198 e. The number of guanidine groups is 2. The first-order valence-corrected chi connectivity index (χ1v) is 9.74. The van der Waals surface area contributed by atoms with Crippen LogP contribution in [-0.4, -0.2) is 49.7 Å². The van der Waals surface area contributed by atoms with E-state index in [4.69, 9.17) is 15.6 Å². The van der Waals surface area contributed by atoms with E-state index in [0.717, 1.165) is 26.1 Å². The van der Waals surface area contributed by atoms with E-state index in [9.17, 15) is 0 Å². The van der Waals surface area contributed by atoms with Gasteiger partial charge in [0, 0.05) is 19.6 Å². The average molecular weight is 376 g/mol. The highest BCUT2D eigenvalue weighted by Gasteiger charge is 2.14. The molecular weight excluding hydrogens is 338 g/mol.